The molecule has 128 valence electrons. The Morgan fingerprint density at radius 1 is 1.33 bits per heavy atom. The van der Waals surface area contributed by atoms with Crippen LogP contribution in [0, 0.1) is 0 Å². The molecule has 0 fully saturated rings. The van der Waals surface area contributed by atoms with E-state index in [-0.39, 0.29) is 11.5 Å². The largest absolute Gasteiger partial charge is 0.496 e. The van der Waals surface area contributed by atoms with Crippen molar-refractivity contribution in [2.75, 3.05) is 24.7 Å². The fourth-order valence-corrected chi connectivity index (χ4v) is 2.54. The summed E-state index contributed by atoms with van der Waals surface area (Å²) in [6, 6.07) is 8.26. The highest BCUT2D eigenvalue weighted by Crippen LogP contribution is 2.25. The van der Waals surface area contributed by atoms with Crippen molar-refractivity contribution in [1.82, 2.24) is 10.3 Å². The van der Waals surface area contributed by atoms with Gasteiger partial charge < -0.3 is 10.1 Å². The van der Waals surface area contributed by atoms with Gasteiger partial charge in [0.05, 0.1) is 24.6 Å². The second-order valence-electron chi connectivity index (χ2n) is 5.16. The molecule has 1 amide bonds. The Labute approximate surface area is 141 Å². The van der Waals surface area contributed by atoms with Crippen LogP contribution in [0.15, 0.2) is 42.7 Å². The van der Waals surface area contributed by atoms with E-state index in [1.54, 1.807) is 30.6 Å². The van der Waals surface area contributed by atoms with E-state index in [9.17, 15) is 13.2 Å². The van der Waals surface area contributed by atoms with E-state index in [0.29, 0.717) is 18.0 Å². The van der Waals surface area contributed by atoms with Gasteiger partial charge in [-0.15, -0.1) is 0 Å². The number of sulfonamides is 1. The van der Waals surface area contributed by atoms with Crippen LogP contribution >= 0.6 is 0 Å². The molecule has 0 unspecified atom stereocenters. The van der Waals surface area contributed by atoms with Gasteiger partial charge in [0.2, 0.25) is 10.0 Å². The highest BCUT2D eigenvalue weighted by atomic mass is 32.2. The van der Waals surface area contributed by atoms with Crippen molar-refractivity contribution >= 4 is 21.6 Å². The average molecular weight is 349 g/mol. The fraction of sp³-hybridized carbons (Fsp3) is 0.250. The van der Waals surface area contributed by atoms with Gasteiger partial charge in [-0.25, -0.2) is 8.42 Å². The lowest BCUT2D eigenvalue weighted by molar-refractivity contribution is 0.0948. The maximum atomic E-state index is 12.4. The quantitative estimate of drug-likeness (QED) is 0.852. The highest BCUT2D eigenvalue weighted by Gasteiger charge is 2.18. The van der Waals surface area contributed by atoms with Crippen LogP contribution in [0.3, 0.4) is 0 Å². The first-order valence-electron chi connectivity index (χ1n) is 7.12. The predicted octanol–water partition coefficient (Wildman–Crippen LogP) is 1.42. The summed E-state index contributed by atoms with van der Waals surface area (Å²) >= 11 is 0. The summed E-state index contributed by atoms with van der Waals surface area (Å²) in [7, 11) is -0.544. The van der Waals surface area contributed by atoms with Crippen molar-refractivity contribution in [1.29, 1.82) is 0 Å². The summed E-state index contributed by atoms with van der Waals surface area (Å²) in [4.78, 5) is 16.4. The smallest absolute Gasteiger partial charge is 0.255 e. The summed E-state index contributed by atoms with van der Waals surface area (Å²) < 4.78 is 29.6. The van der Waals surface area contributed by atoms with Gasteiger partial charge in [-0.05, 0) is 29.8 Å². The van der Waals surface area contributed by atoms with Gasteiger partial charge in [0.15, 0.2) is 0 Å². The monoisotopic (exact) mass is 349 g/mol. The maximum absolute atomic E-state index is 12.4. The van der Waals surface area contributed by atoms with Crippen LogP contribution in [0.2, 0.25) is 0 Å². The topological polar surface area (TPSA) is 88.6 Å². The van der Waals surface area contributed by atoms with E-state index >= 15 is 0 Å². The van der Waals surface area contributed by atoms with Crippen molar-refractivity contribution < 1.29 is 17.9 Å². The number of ether oxygens (including phenoxy) is 1. The molecule has 1 heterocycles. The van der Waals surface area contributed by atoms with Gasteiger partial charge in [-0.2, -0.15) is 0 Å². The first-order chi connectivity index (χ1) is 11.3. The molecule has 2 aromatic rings. The average Bonchev–Trinajstić information content (AvgIpc) is 2.58. The third-order valence-corrected chi connectivity index (χ3v) is 4.67. The van der Waals surface area contributed by atoms with Gasteiger partial charge in [0.25, 0.3) is 5.91 Å². The summed E-state index contributed by atoms with van der Waals surface area (Å²) in [5.74, 6) is 0.00351. The Kier molecular flexibility index (Phi) is 5.40. The molecule has 1 aromatic heterocycles. The van der Waals surface area contributed by atoms with Gasteiger partial charge in [0.1, 0.15) is 5.75 Å². The second-order valence-corrected chi connectivity index (χ2v) is 7.17. The van der Waals surface area contributed by atoms with E-state index in [1.165, 1.54) is 20.2 Å². The molecule has 0 saturated carbocycles. The number of anilines is 1. The van der Waals surface area contributed by atoms with E-state index in [4.69, 9.17) is 4.74 Å². The minimum atomic E-state index is -3.42. The van der Waals surface area contributed by atoms with Crippen LogP contribution in [0.5, 0.6) is 5.75 Å². The number of carbonyl (C=O) groups is 1. The van der Waals surface area contributed by atoms with E-state index in [0.717, 1.165) is 16.1 Å². The zero-order valence-corrected chi connectivity index (χ0v) is 14.5. The summed E-state index contributed by atoms with van der Waals surface area (Å²) in [6.07, 6.45) is 4.41. The van der Waals surface area contributed by atoms with Gasteiger partial charge >= 0.3 is 0 Å². The molecule has 24 heavy (non-hydrogen) atoms. The van der Waals surface area contributed by atoms with Crippen molar-refractivity contribution in [2.45, 2.75) is 6.54 Å². The van der Waals surface area contributed by atoms with Crippen LogP contribution in [-0.4, -0.2) is 39.7 Å². The Hall–Kier alpha value is -2.61. The van der Waals surface area contributed by atoms with Gasteiger partial charge in [-0.3, -0.25) is 14.1 Å². The normalized spacial score (nSPS) is 11.0. The first-order valence-corrected chi connectivity index (χ1v) is 8.97. The van der Waals surface area contributed by atoms with Crippen LogP contribution in [-0.2, 0) is 16.6 Å². The summed E-state index contributed by atoms with van der Waals surface area (Å²) in [5, 5.41) is 2.77. The van der Waals surface area contributed by atoms with Gasteiger partial charge in [0, 0.05) is 26.0 Å². The Bertz CT molecular complexity index is 822. The number of rotatable bonds is 6. The minimum Gasteiger partial charge on any atom is -0.496 e. The van der Waals surface area contributed by atoms with Crippen molar-refractivity contribution in [3.63, 3.8) is 0 Å². The number of aromatic nitrogens is 1. The molecule has 7 nitrogen and oxygen atoms in total. The van der Waals surface area contributed by atoms with Crippen LogP contribution in [0.4, 0.5) is 5.69 Å². The third kappa shape index (κ3) is 4.23. The van der Waals surface area contributed by atoms with Crippen LogP contribution < -0.4 is 14.4 Å². The molecule has 0 spiro atoms. The summed E-state index contributed by atoms with van der Waals surface area (Å²) in [5.41, 5.74) is 1.49. The highest BCUT2D eigenvalue weighted by molar-refractivity contribution is 7.92. The standard InChI is InChI=1S/C16H19N3O4S/c1-19(24(3,21)22)13-6-7-15(23-2)14(9-13)16(20)18-11-12-5-4-8-17-10-12/h4-10H,11H2,1-3H3,(H,18,20). The number of pyridine rings is 1. The Morgan fingerprint density at radius 2 is 2.08 bits per heavy atom. The van der Waals surface area contributed by atoms with Gasteiger partial charge in [-0.1, -0.05) is 6.07 Å². The van der Waals surface area contributed by atoms with E-state index in [2.05, 4.69) is 10.3 Å². The van der Waals surface area contributed by atoms with Crippen molar-refractivity contribution in [3.05, 3.63) is 53.9 Å². The molecule has 0 atom stereocenters. The molecule has 0 saturated heterocycles. The lowest BCUT2D eigenvalue weighted by Gasteiger charge is -2.18. The second kappa shape index (κ2) is 7.31. The third-order valence-electron chi connectivity index (χ3n) is 3.46. The Morgan fingerprint density at radius 3 is 2.67 bits per heavy atom. The molecule has 2 rings (SSSR count). The lowest BCUT2D eigenvalue weighted by atomic mass is 10.1. The number of methoxy groups -OCH3 is 1. The number of hydrogen-bond acceptors (Lipinski definition) is 5. The van der Waals surface area contributed by atoms with E-state index in [1.807, 2.05) is 6.07 Å². The summed E-state index contributed by atoms with van der Waals surface area (Å²) in [6.45, 7) is 0.308. The maximum Gasteiger partial charge on any atom is 0.255 e. The molecular formula is C16H19N3O4S. The zero-order chi connectivity index (χ0) is 17.7. The predicted molar refractivity (Wildman–Crippen MR) is 91.6 cm³/mol. The fourth-order valence-electron chi connectivity index (χ4n) is 2.04. The SMILES string of the molecule is COc1ccc(N(C)S(C)(=O)=O)cc1C(=O)NCc1cccnc1. The molecule has 0 aliphatic carbocycles. The molecule has 8 heteroatoms. The number of benzene rings is 1. The lowest BCUT2D eigenvalue weighted by Crippen LogP contribution is -2.26. The molecule has 0 radical (unpaired) electrons. The van der Waals surface area contributed by atoms with Crippen LogP contribution in [0.1, 0.15) is 15.9 Å². The first kappa shape index (κ1) is 17.7. The number of nitrogens with zero attached hydrogens (tertiary/aromatic N) is 2. The van der Waals surface area contributed by atoms with E-state index < -0.39 is 10.0 Å². The molecule has 0 aliphatic heterocycles. The Balaban J connectivity index is 2.25. The number of amides is 1. The minimum absolute atomic E-state index is 0.259. The molecule has 0 aliphatic rings. The number of nitrogens with one attached hydrogen (secondary N) is 1. The zero-order valence-electron chi connectivity index (χ0n) is 13.7. The number of hydrogen-bond donors (Lipinski definition) is 1. The van der Waals surface area contributed by atoms with Crippen LogP contribution in [0.25, 0.3) is 0 Å². The molecular weight excluding hydrogens is 330 g/mol. The number of carbonyl (C=O) groups excluding carboxylic acids is 1. The van der Waals surface area contributed by atoms with Crippen molar-refractivity contribution in [2.24, 2.45) is 0 Å². The molecule has 1 aromatic carbocycles. The van der Waals surface area contributed by atoms with Crippen molar-refractivity contribution in [3.8, 4) is 5.75 Å². The molecule has 1 N–H and O–H groups in total. The molecule has 0 bridgehead atoms.